The molecule has 1 aromatic rings. The minimum Gasteiger partial charge on any atom is -0.462 e. The highest BCUT2D eigenvalue weighted by Gasteiger charge is 2.41. The second kappa shape index (κ2) is 35.3. The summed E-state index contributed by atoms with van der Waals surface area (Å²) < 4.78 is 57.7. The number of azide groups is 1. The Balaban J connectivity index is 1.86. The number of aromatic nitrogens is 2. The quantitative estimate of drug-likeness (QED) is 0.0138. The molecule has 1 aromatic heterocycles. The summed E-state index contributed by atoms with van der Waals surface area (Å²) in [6.45, 7) is 3.79. The molecule has 19 nitrogen and oxygen atoms in total. The topological polar surface area (TPSA) is 268 Å². The third kappa shape index (κ3) is 27.8. The van der Waals surface area contributed by atoms with Crippen LogP contribution in [0, 0.1) is 6.92 Å². The van der Waals surface area contributed by atoms with E-state index in [2.05, 4.69) is 33.2 Å². The molecule has 21 heteroatoms. The van der Waals surface area contributed by atoms with E-state index in [9.17, 15) is 38.1 Å². The van der Waals surface area contributed by atoms with Crippen LogP contribution in [0.3, 0.4) is 0 Å². The number of phosphoric acid groups is 2. The number of unbranched alkanes of at least 4 members (excludes halogenated alkanes) is 24. The number of carbonyl (C=O) groups is 2. The zero-order valence-electron chi connectivity index (χ0n) is 40.0. The third-order valence-corrected chi connectivity index (χ3v) is 14.2. The van der Waals surface area contributed by atoms with Crippen molar-refractivity contribution in [1.29, 1.82) is 0 Å². The molecule has 2 heterocycles. The van der Waals surface area contributed by atoms with Crippen molar-refractivity contribution in [2.24, 2.45) is 5.11 Å². The van der Waals surface area contributed by atoms with Crippen molar-refractivity contribution in [1.82, 2.24) is 9.55 Å². The molecular weight excluding hydrogens is 896 g/mol. The molecule has 0 saturated carbocycles. The van der Waals surface area contributed by atoms with Gasteiger partial charge in [0, 0.05) is 35.9 Å². The molecule has 1 saturated heterocycles. The average Bonchev–Trinajstić information content (AvgIpc) is 3.67. The lowest BCUT2D eigenvalue weighted by Gasteiger charge is -2.22. The molecule has 3 N–H and O–H groups in total. The van der Waals surface area contributed by atoms with Gasteiger partial charge in [0.2, 0.25) is 0 Å². The number of aryl methyl sites for hydroxylation is 1. The molecule has 1 aliphatic heterocycles. The van der Waals surface area contributed by atoms with Gasteiger partial charge in [-0.1, -0.05) is 173 Å². The molecule has 6 atom stereocenters. The van der Waals surface area contributed by atoms with E-state index in [-0.39, 0.29) is 24.8 Å². The maximum Gasteiger partial charge on any atom is 0.481 e. The van der Waals surface area contributed by atoms with Gasteiger partial charge in [0.05, 0.1) is 25.4 Å². The first-order valence-electron chi connectivity index (χ1n) is 24.7. The fourth-order valence-electron chi connectivity index (χ4n) is 7.74. The number of esters is 2. The van der Waals surface area contributed by atoms with Gasteiger partial charge in [0.15, 0.2) is 6.10 Å². The van der Waals surface area contributed by atoms with Crippen molar-refractivity contribution in [2.75, 3.05) is 19.8 Å². The molecule has 2 rings (SSSR count). The minimum absolute atomic E-state index is 0.0610. The smallest absolute Gasteiger partial charge is 0.462 e. The van der Waals surface area contributed by atoms with Gasteiger partial charge in [0.25, 0.3) is 5.56 Å². The number of aromatic amines is 1. The molecule has 1 aliphatic rings. The lowest BCUT2D eigenvalue weighted by Crippen LogP contribution is -2.33. The van der Waals surface area contributed by atoms with Crippen molar-refractivity contribution in [3.8, 4) is 0 Å². The normalized spacial score (nSPS) is 18.3. The standard InChI is InChI=1S/C45H81N5O14P2/c1-4-6-8-10-12-14-16-18-20-22-24-26-28-30-42(51)59-34-38(62-43(52)31-29-27-25-23-21-19-17-15-13-11-9-7-5-2)35-60-65(55,56)64-66(57,58)61-36-40-39(48-49-46)32-41(63-40)50-33-37(3)44(53)47-45(50)54/h33,38-41H,4-32,34-36H2,1-3H3,(H,55,56)(H,57,58)(H,47,53,54)/t38-,39+,40-,41-/m1/s1. The van der Waals surface area contributed by atoms with Crippen molar-refractivity contribution in [3.05, 3.63) is 43.0 Å². The summed E-state index contributed by atoms with van der Waals surface area (Å²) in [6, 6.07) is -1.02. The first-order chi connectivity index (χ1) is 31.7. The van der Waals surface area contributed by atoms with Crippen LogP contribution in [0.4, 0.5) is 0 Å². The highest BCUT2D eigenvalue weighted by atomic mass is 31.3. The maximum atomic E-state index is 12.9. The second-order valence-corrected chi connectivity index (χ2v) is 20.6. The average molecular weight is 978 g/mol. The lowest BCUT2D eigenvalue weighted by atomic mass is 10.0. The predicted octanol–water partition coefficient (Wildman–Crippen LogP) is 11.5. The Morgan fingerprint density at radius 2 is 1.21 bits per heavy atom. The van der Waals surface area contributed by atoms with E-state index in [0.717, 1.165) is 55.9 Å². The third-order valence-electron chi connectivity index (χ3n) is 11.6. The Hall–Kier alpha value is -2.85. The lowest BCUT2D eigenvalue weighted by molar-refractivity contribution is -0.161. The van der Waals surface area contributed by atoms with Crippen molar-refractivity contribution < 1.29 is 56.1 Å². The van der Waals surface area contributed by atoms with Crippen LogP contribution in [-0.4, -0.2) is 69.3 Å². The van der Waals surface area contributed by atoms with Gasteiger partial charge in [-0.2, -0.15) is 4.31 Å². The van der Waals surface area contributed by atoms with Crippen molar-refractivity contribution in [2.45, 2.75) is 231 Å². The van der Waals surface area contributed by atoms with E-state index >= 15 is 0 Å². The number of rotatable bonds is 41. The molecule has 0 radical (unpaired) electrons. The molecule has 0 amide bonds. The van der Waals surface area contributed by atoms with Gasteiger partial charge in [-0.25, -0.2) is 13.9 Å². The van der Waals surface area contributed by atoms with E-state index in [1.165, 1.54) is 116 Å². The van der Waals surface area contributed by atoms with Gasteiger partial charge in [-0.3, -0.25) is 33.0 Å². The van der Waals surface area contributed by atoms with Gasteiger partial charge >= 0.3 is 33.3 Å². The zero-order valence-corrected chi connectivity index (χ0v) is 41.8. The molecule has 380 valence electrons. The number of phosphoric ester groups is 2. The number of hydrogen-bond acceptors (Lipinski definition) is 13. The number of ether oxygens (including phenoxy) is 3. The maximum absolute atomic E-state index is 12.9. The molecular formula is C45H81N5O14P2. The number of carbonyl (C=O) groups excluding carboxylic acids is 2. The summed E-state index contributed by atoms with van der Waals surface area (Å²) >= 11 is 0. The largest absolute Gasteiger partial charge is 0.481 e. The SMILES string of the molecule is CCCCCCCCCCCCCCCC(=O)OC[C@H](COP(=O)(O)OP(=O)(O)OC[C@H]1O[C@@H](n2cc(C)c(=O)[nH]c2=O)C[C@@H]1N=[N+]=[N-])OC(=O)CCCCCCCCCCCCCCC. The van der Waals surface area contributed by atoms with E-state index < -0.39 is 83.1 Å². The van der Waals surface area contributed by atoms with Crippen LogP contribution in [-0.2, 0) is 46.3 Å². The van der Waals surface area contributed by atoms with Crippen LogP contribution in [0.5, 0.6) is 0 Å². The summed E-state index contributed by atoms with van der Waals surface area (Å²) in [5, 5.41) is 3.60. The van der Waals surface area contributed by atoms with Crippen molar-refractivity contribution in [3.63, 3.8) is 0 Å². The zero-order chi connectivity index (χ0) is 48.5. The van der Waals surface area contributed by atoms with E-state index in [0.29, 0.717) is 12.8 Å². The Morgan fingerprint density at radius 3 is 1.70 bits per heavy atom. The first-order valence-corrected chi connectivity index (χ1v) is 27.7. The Labute approximate surface area is 391 Å². The first kappa shape index (κ1) is 59.3. The van der Waals surface area contributed by atoms with Gasteiger partial charge in [-0.05, 0) is 25.3 Å². The molecule has 0 aliphatic carbocycles. The van der Waals surface area contributed by atoms with Gasteiger partial charge in [-0.15, -0.1) is 0 Å². The molecule has 0 bridgehead atoms. The van der Waals surface area contributed by atoms with Crippen LogP contribution >= 0.6 is 15.6 Å². The molecule has 1 fully saturated rings. The van der Waals surface area contributed by atoms with Crippen LogP contribution in [0.1, 0.15) is 212 Å². The van der Waals surface area contributed by atoms with E-state index in [1.807, 2.05) is 0 Å². The fourth-order valence-corrected chi connectivity index (χ4v) is 9.85. The number of H-pyrrole nitrogens is 1. The number of nitrogens with zero attached hydrogens (tertiary/aromatic N) is 4. The van der Waals surface area contributed by atoms with Crippen LogP contribution in [0.25, 0.3) is 10.4 Å². The molecule has 0 spiro atoms. The molecule has 0 aromatic carbocycles. The molecule has 66 heavy (non-hydrogen) atoms. The van der Waals surface area contributed by atoms with Crippen LogP contribution in [0.15, 0.2) is 20.9 Å². The van der Waals surface area contributed by atoms with Crippen LogP contribution in [0.2, 0.25) is 0 Å². The minimum atomic E-state index is -5.39. The second-order valence-electron chi connectivity index (χ2n) is 17.5. The van der Waals surface area contributed by atoms with Crippen LogP contribution < -0.4 is 11.2 Å². The molecule has 2 unspecified atom stereocenters. The summed E-state index contributed by atoms with van der Waals surface area (Å²) in [5.74, 6) is -1.17. The Kier molecular flexibility index (Phi) is 31.7. The monoisotopic (exact) mass is 978 g/mol. The highest BCUT2D eigenvalue weighted by Crippen LogP contribution is 2.60. The van der Waals surface area contributed by atoms with Crippen molar-refractivity contribution >= 4 is 27.6 Å². The predicted molar refractivity (Wildman–Crippen MR) is 252 cm³/mol. The summed E-state index contributed by atoms with van der Waals surface area (Å²) in [5.41, 5.74) is 7.84. The van der Waals surface area contributed by atoms with Gasteiger partial charge < -0.3 is 24.0 Å². The summed E-state index contributed by atoms with van der Waals surface area (Å²) in [6.07, 6.45) is 27.4. The fraction of sp³-hybridized carbons (Fsp3) is 0.867. The summed E-state index contributed by atoms with van der Waals surface area (Å²) in [4.78, 5) is 75.4. The number of nitrogens with one attached hydrogen (secondary N) is 1. The Morgan fingerprint density at radius 1 is 0.758 bits per heavy atom. The van der Waals surface area contributed by atoms with E-state index in [1.54, 1.807) is 0 Å². The highest BCUT2D eigenvalue weighted by molar-refractivity contribution is 7.61. The van der Waals surface area contributed by atoms with E-state index in [4.69, 9.17) is 28.8 Å². The van der Waals surface area contributed by atoms with Gasteiger partial charge in [0.1, 0.15) is 12.8 Å². The summed E-state index contributed by atoms with van der Waals surface area (Å²) in [7, 11) is -10.8. The Bertz CT molecular complexity index is 1770. The number of hydrogen-bond donors (Lipinski definition) is 3.